The molecule has 0 saturated carbocycles. The molecule has 4 rings (SSSR count). The van der Waals surface area contributed by atoms with Crippen molar-refractivity contribution in [1.82, 2.24) is 30.0 Å². The third-order valence-electron chi connectivity index (χ3n) is 3.82. The summed E-state index contributed by atoms with van der Waals surface area (Å²) < 4.78 is 1.51. The van der Waals surface area contributed by atoms with Gasteiger partial charge in [0.2, 0.25) is 0 Å². The summed E-state index contributed by atoms with van der Waals surface area (Å²) in [4.78, 5) is 24.9. The maximum absolute atomic E-state index is 12.5. The van der Waals surface area contributed by atoms with Crippen molar-refractivity contribution < 1.29 is 4.79 Å². The van der Waals surface area contributed by atoms with Crippen LogP contribution in [0.4, 0.5) is 0 Å². The fraction of sp³-hybridized carbons (Fsp3) is 0.0556. The summed E-state index contributed by atoms with van der Waals surface area (Å²) in [6.45, 7) is 0.397. The highest BCUT2D eigenvalue weighted by Crippen LogP contribution is 2.16. The van der Waals surface area contributed by atoms with Gasteiger partial charge in [-0.3, -0.25) is 9.78 Å². The lowest BCUT2D eigenvalue weighted by atomic mass is 10.1. The van der Waals surface area contributed by atoms with E-state index < -0.39 is 0 Å². The Kier molecular flexibility index (Phi) is 3.88. The molecule has 4 aromatic rings. The minimum Gasteiger partial charge on any atom is -0.348 e. The molecule has 0 aliphatic carbocycles. The van der Waals surface area contributed by atoms with E-state index in [1.165, 1.54) is 17.3 Å². The quantitative estimate of drug-likeness (QED) is 0.619. The van der Waals surface area contributed by atoms with Crippen LogP contribution in [0.2, 0.25) is 0 Å². The van der Waals surface area contributed by atoms with E-state index in [0.29, 0.717) is 17.9 Å². The number of nitrogens with one attached hydrogen (secondary N) is 1. The second-order valence-corrected chi connectivity index (χ2v) is 5.42. The fourth-order valence-corrected chi connectivity index (χ4v) is 2.60. The third kappa shape index (κ3) is 3.07. The molecule has 3 heterocycles. The first kappa shape index (κ1) is 14.9. The number of amides is 1. The average molecular weight is 330 g/mol. The summed E-state index contributed by atoms with van der Waals surface area (Å²) >= 11 is 0. The van der Waals surface area contributed by atoms with Crippen molar-refractivity contribution in [1.29, 1.82) is 0 Å². The van der Waals surface area contributed by atoms with Gasteiger partial charge in [-0.05, 0) is 23.8 Å². The Balaban J connectivity index is 1.53. The normalized spacial score (nSPS) is 10.7. The molecule has 25 heavy (non-hydrogen) atoms. The number of nitrogens with zero attached hydrogens (tertiary/aromatic N) is 5. The lowest BCUT2D eigenvalue weighted by Gasteiger charge is -2.08. The van der Waals surface area contributed by atoms with E-state index in [2.05, 4.69) is 25.4 Å². The van der Waals surface area contributed by atoms with Crippen LogP contribution in [-0.2, 0) is 6.54 Å². The van der Waals surface area contributed by atoms with Crippen LogP contribution in [-0.4, -0.2) is 30.6 Å². The number of rotatable bonds is 4. The van der Waals surface area contributed by atoms with E-state index in [0.717, 1.165) is 16.5 Å². The largest absolute Gasteiger partial charge is 0.348 e. The Bertz CT molecular complexity index is 1020. The summed E-state index contributed by atoms with van der Waals surface area (Å²) in [6.07, 6.45) is 6.28. The molecule has 3 aromatic heterocycles. The molecular formula is C18H14N6O. The van der Waals surface area contributed by atoms with Gasteiger partial charge in [-0.1, -0.05) is 24.3 Å². The lowest BCUT2D eigenvalue weighted by molar-refractivity contribution is 0.0951. The molecule has 0 saturated heterocycles. The Morgan fingerprint density at radius 1 is 1.08 bits per heavy atom. The van der Waals surface area contributed by atoms with Gasteiger partial charge in [-0.25, -0.2) is 14.6 Å². The van der Waals surface area contributed by atoms with Gasteiger partial charge in [0.15, 0.2) is 5.82 Å². The second kappa shape index (κ2) is 6.48. The molecule has 0 radical (unpaired) electrons. The van der Waals surface area contributed by atoms with Crippen molar-refractivity contribution in [2.45, 2.75) is 6.54 Å². The summed E-state index contributed by atoms with van der Waals surface area (Å²) in [7, 11) is 0. The monoisotopic (exact) mass is 330 g/mol. The van der Waals surface area contributed by atoms with E-state index in [1.54, 1.807) is 24.5 Å². The van der Waals surface area contributed by atoms with E-state index >= 15 is 0 Å². The SMILES string of the molecule is O=C(NCc1cccc2cccnc12)c1ccnc(-n2cncn2)c1. The first-order valence-corrected chi connectivity index (χ1v) is 7.73. The van der Waals surface area contributed by atoms with Gasteiger partial charge in [0.05, 0.1) is 5.52 Å². The standard InChI is InChI=1S/C18H14N6O/c25-18(14-6-8-20-16(9-14)24-12-19-11-23-24)22-10-15-4-1-3-13-5-2-7-21-17(13)15/h1-9,11-12H,10H2,(H,22,25). The Labute approximate surface area is 143 Å². The molecule has 0 aliphatic heterocycles. The Morgan fingerprint density at radius 2 is 2.00 bits per heavy atom. The van der Waals surface area contributed by atoms with Gasteiger partial charge < -0.3 is 5.32 Å². The predicted molar refractivity (Wildman–Crippen MR) is 92.1 cm³/mol. The highest BCUT2D eigenvalue weighted by atomic mass is 16.1. The Morgan fingerprint density at radius 3 is 2.88 bits per heavy atom. The van der Waals surface area contributed by atoms with Crippen molar-refractivity contribution in [2.24, 2.45) is 0 Å². The number of carbonyl (C=O) groups is 1. The topological polar surface area (TPSA) is 85.6 Å². The Hall–Kier alpha value is -3.61. The summed E-state index contributed by atoms with van der Waals surface area (Å²) in [5, 5.41) is 7.99. The zero-order chi connectivity index (χ0) is 17.1. The van der Waals surface area contributed by atoms with Crippen LogP contribution in [0.15, 0.2) is 67.5 Å². The smallest absolute Gasteiger partial charge is 0.251 e. The molecule has 1 aromatic carbocycles. The zero-order valence-corrected chi connectivity index (χ0v) is 13.2. The molecule has 7 heteroatoms. The predicted octanol–water partition coefficient (Wildman–Crippen LogP) is 2.14. The van der Waals surface area contributed by atoms with Crippen LogP contribution in [0.1, 0.15) is 15.9 Å². The van der Waals surface area contributed by atoms with Gasteiger partial charge >= 0.3 is 0 Å². The molecule has 0 aliphatic rings. The van der Waals surface area contributed by atoms with Gasteiger partial charge in [0.1, 0.15) is 12.7 Å². The molecule has 0 bridgehead atoms. The van der Waals surface area contributed by atoms with Crippen molar-refractivity contribution in [2.75, 3.05) is 0 Å². The lowest BCUT2D eigenvalue weighted by Crippen LogP contribution is -2.23. The van der Waals surface area contributed by atoms with Crippen molar-refractivity contribution in [3.05, 3.63) is 78.6 Å². The zero-order valence-electron chi connectivity index (χ0n) is 13.2. The first-order chi connectivity index (χ1) is 12.3. The number of carbonyl (C=O) groups excluding carboxylic acids is 1. The second-order valence-electron chi connectivity index (χ2n) is 5.42. The van der Waals surface area contributed by atoms with E-state index in [9.17, 15) is 4.79 Å². The molecule has 1 N–H and O–H groups in total. The first-order valence-electron chi connectivity index (χ1n) is 7.73. The summed E-state index contributed by atoms with van der Waals surface area (Å²) in [6, 6.07) is 13.2. The number of para-hydroxylation sites is 1. The van der Waals surface area contributed by atoms with Crippen LogP contribution in [0.3, 0.4) is 0 Å². The number of pyridine rings is 2. The minimum atomic E-state index is -0.184. The number of fused-ring (bicyclic) bond motifs is 1. The average Bonchev–Trinajstić information content (AvgIpc) is 3.21. The minimum absolute atomic E-state index is 0.184. The van der Waals surface area contributed by atoms with E-state index in [-0.39, 0.29) is 5.91 Å². The van der Waals surface area contributed by atoms with Gasteiger partial charge in [0, 0.05) is 29.9 Å². The van der Waals surface area contributed by atoms with Crippen LogP contribution in [0, 0.1) is 0 Å². The maximum atomic E-state index is 12.5. The highest BCUT2D eigenvalue weighted by Gasteiger charge is 2.09. The van der Waals surface area contributed by atoms with Crippen LogP contribution >= 0.6 is 0 Å². The molecule has 122 valence electrons. The van der Waals surface area contributed by atoms with Crippen molar-refractivity contribution >= 4 is 16.8 Å². The van der Waals surface area contributed by atoms with Crippen LogP contribution in [0.25, 0.3) is 16.7 Å². The van der Waals surface area contributed by atoms with Crippen molar-refractivity contribution in [3.63, 3.8) is 0 Å². The summed E-state index contributed by atoms with van der Waals surface area (Å²) in [5.74, 6) is 0.355. The molecule has 0 spiro atoms. The molecule has 0 atom stereocenters. The maximum Gasteiger partial charge on any atom is 0.251 e. The number of benzene rings is 1. The number of hydrogen-bond donors (Lipinski definition) is 1. The highest BCUT2D eigenvalue weighted by molar-refractivity contribution is 5.94. The van der Waals surface area contributed by atoms with E-state index in [1.807, 2.05) is 30.3 Å². The third-order valence-corrected chi connectivity index (χ3v) is 3.82. The van der Waals surface area contributed by atoms with Crippen molar-refractivity contribution in [3.8, 4) is 5.82 Å². The van der Waals surface area contributed by atoms with Crippen LogP contribution in [0.5, 0.6) is 0 Å². The van der Waals surface area contributed by atoms with Gasteiger partial charge in [-0.2, -0.15) is 5.10 Å². The summed E-state index contributed by atoms with van der Waals surface area (Å²) in [5.41, 5.74) is 2.37. The molecule has 1 amide bonds. The van der Waals surface area contributed by atoms with E-state index in [4.69, 9.17) is 0 Å². The van der Waals surface area contributed by atoms with Gasteiger partial charge in [0.25, 0.3) is 5.91 Å². The number of hydrogen-bond acceptors (Lipinski definition) is 5. The fourth-order valence-electron chi connectivity index (χ4n) is 2.60. The molecular weight excluding hydrogens is 316 g/mol. The molecule has 0 fully saturated rings. The van der Waals surface area contributed by atoms with Gasteiger partial charge in [-0.15, -0.1) is 0 Å². The van der Waals surface area contributed by atoms with Crippen LogP contribution < -0.4 is 5.32 Å². The molecule has 7 nitrogen and oxygen atoms in total. The molecule has 0 unspecified atom stereocenters. The number of aromatic nitrogens is 5.